The first-order chi connectivity index (χ1) is 16.4. The molecule has 192 valence electrons. The average molecular weight is 522 g/mol. The Morgan fingerprint density at radius 3 is 2.37 bits per heavy atom. The van der Waals surface area contributed by atoms with Gasteiger partial charge in [0, 0.05) is 30.6 Å². The topological polar surface area (TPSA) is 86.8 Å². The zero-order valence-corrected chi connectivity index (χ0v) is 22.7. The van der Waals surface area contributed by atoms with Gasteiger partial charge in [0.2, 0.25) is 21.8 Å². The van der Waals surface area contributed by atoms with Gasteiger partial charge >= 0.3 is 0 Å². The summed E-state index contributed by atoms with van der Waals surface area (Å²) in [7, 11) is -3.57. The van der Waals surface area contributed by atoms with Crippen molar-refractivity contribution in [2.24, 2.45) is 0 Å². The fraction of sp³-hybridized carbons (Fsp3) is 0.462. The third-order valence-electron chi connectivity index (χ3n) is 6.02. The number of sulfonamides is 1. The van der Waals surface area contributed by atoms with Gasteiger partial charge in [-0.25, -0.2) is 8.42 Å². The lowest BCUT2D eigenvalue weighted by Crippen LogP contribution is -2.49. The van der Waals surface area contributed by atoms with E-state index in [0.29, 0.717) is 23.7 Å². The molecule has 1 N–H and O–H groups in total. The molecule has 7 nitrogen and oxygen atoms in total. The number of benzene rings is 2. The van der Waals surface area contributed by atoms with Gasteiger partial charge in [-0.05, 0) is 62.9 Å². The molecule has 2 rings (SSSR count). The molecule has 0 spiro atoms. The van der Waals surface area contributed by atoms with Crippen molar-refractivity contribution in [2.45, 2.75) is 65.6 Å². The number of nitrogens with one attached hydrogen (secondary N) is 1. The largest absolute Gasteiger partial charge is 0.352 e. The van der Waals surface area contributed by atoms with E-state index in [1.165, 1.54) is 4.31 Å². The van der Waals surface area contributed by atoms with Crippen molar-refractivity contribution in [1.29, 1.82) is 0 Å². The molecule has 9 heteroatoms. The van der Waals surface area contributed by atoms with Crippen LogP contribution in [0.3, 0.4) is 0 Å². The number of halogens is 1. The molecule has 35 heavy (non-hydrogen) atoms. The SMILES string of the molecule is CC[C@H](C)NC(=O)[C@@H](C)N(Cc1ccccc1C)C(=O)CCCN(c1cccc(Cl)c1)S(C)(=O)=O. The molecule has 0 unspecified atom stereocenters. The van der Waals surface area contributed by atoms with Crippen molar-refractivity contribution in [3.05, 3.63) is 64.7 Å². The van der Waals surface area contributed by atoms with Crippen LogP contribution in [0, 0.1) is 6.92 Å². The van der Waals surface area contributed by atoms with Gasteiger partial charge in [-0.15, -0.1) is 0 Å². The highest BCUT2D eigenvalue weighted by atomic mass is 35.5. The monoisotopic (exact) mass is 521 g/mol. The summed E-state index contributed by atoms with van der Waals surface area (Å²) >= 11 is 6.05. The smallest absolute Gasteiger partial charge is 0.242 e. The molecule has 2 aromatic carbocycles. The summed E-state index contributed by atoms with van der Waals surface area (Å²) in [6.45, 7) is 8.02. The van der Waals surface area contributed by atoms with Crippen molar-refractivity contribution >= 4 is 39.1 Å². The first-order valence-corrected chi connectivity index (χ1v) is 14.0. The number of carbonyl (C=O) groups is 2. The van der Waals surface area contributed by atoms with Crippen LogP contribution in [0.15, 0.2) is 48.5 Å². The van der Waals surface area contributed by atoms with Gasteiger partial charge in [0.25, 0.3) is 0 Å². The fourth-order valence-corrected chi connectivity index (χ4v) is 4.80. The standard InChI is InChI=1S/C26H36ClN3O4S/c1-6-20(3)28-26(32)21(4)29(18-22-12-8-7-11-19(22)2)25(31)15-10-16-30(35(5,33)34)24-14-9-13-23(27)17-24/h7-9,11-14,17,20-21H,6,10,15-16,18H2,1-5H3,(H,28,32)/t20-,21+/m0/s1. The second-order valence-electron chi connectivity index (χ2n) is 8.86. The van der Waals surface area contributed by atoms with Crippen LogP contribution in [0.5, 0.6) is 0 Å². The molecule has 0 radical (unpaired) electrons. The van der Waals surface area contributed by atoms with Crippen molar-refractivity contribution in [1.82, 2.24) is 10.2 Å². The molecule has 0 saturated carbocycles. The van der Waals surface area contributed by atoms with Crippen LogP contribution in [-0.2, 0) is 26.2 Å². The molecule has 0 saturated heterocycles. The van der Waals surface area contributed by atoms with E-state index in [1.54, 1.807) is 36.1 Å². The Morgan fingerprint density at radius 1 is 1.09 bits per heavy atom. The fourth-order valence-electron chi connectivity index (χ4n) is 3.65. The van der Waals surface area contributed by atoms with Crippen molar-refractivity contribution in [2.75, 3.05) is 17.1 Å². The average Bonchev–Trinajstić information content (AvgIpc) is 2.79. The number of hydrogen-bond acceptors (Lipinski definition) is 4. The first-order valence-electron chi connectivity index (χ1n) is 11.8. The Bertz CT molecular complexity index is 1120. The molecule has 2 amide bonds. The normalized spacial score (nSPS) is 13.1. The molecule has 0 aromatic heterocycles. The number of anilines is 1. The molecule has 0 aliphatic heterocycles. The lowest BCUT2D eigenvalue weighted by atomic mass is 10.1. The highest BCUT2D eigenvalue weighted by molar-refractivity contribution is 7.92. The molecule has 2 atom stereocenters. The maximum absolute atomic E-state index is 13.3. The van der Waals surface area contributed by atoms with E-state index in [0.717, 1.165) is 23.8 Å². The van der Waals surface area contributed by atoms with Gasteiger partial charge in [0.15, 0.2) is 0 Å². The van der Waals surface area contributed by atoms with Crippen LogP contribution >= 0.6 is 11.6 Å². The summed E-state index contributed by atoms with van der Waals surface area (Å²) in [5, 5.41) is 3.38. The zero-order valence-electron chi connectivity index (χ0n) is 21.1. The zero-order chi connectivity index (χ0) is 26.2. The number of hydrogen-bond donors (Lipinski definition) is 1. The summed E-state index contributed by atoms with van der Waals surface area (Å²) in [6.07, 6.45) is 2.30. The van der Waals surface area contributed by atoms with Crippen LogP contribution < -0.4 is 9.62 Å². The van der Waals surface area contributed by atoms with Gasteiger partial charge in [-0.1, -0.05) is 48.9 Å². The van der Waals surface area contributed by atoms with Crippen molar-refractivity contribution < 1.29 is 18.0 Å². The van der Waals surface area contributed by atoms with Gasteiger partial charge < -0.3 is 10.2 Å². The summed E-state index contributed by atoms with van der Waals surface area (Å²) in [6, 6.07) is 13.7. The highest BCUT2D eigenvalue weighted by Crippen LogP contribution is 2.23. The summed E-state index contributed by atoms with van der Waals surface area (Å²) < 4.78 is 26.0. The van der Waals surface area contributed by atoms with E-state index in [-0.39, 0.29) is 30.8 Å². The summed E-state index contributed by atoms with van der Waals surface area (Å²) in [5.41, 5.74) is 2.44. The van der Waals surface area contributed by atoms with Crippen LogP contribution in [0.4, 0.5) is 5.69 Å². The minimum atomic E-state index is -3.57. The van der Waals surface area contributed by atoms with E-state index < -0.39 is 16.1 Å². The maximum atomic E-state index is 13.3. The van der Waals surface area contributed by atoms with Crippen molar-refractivity contribution in [3.63, 3.8) is 0 Å². The second kappa shape index (κ2) is 12.9. The van der Waals surface area contributed by atoms with Gasteiger partial charge in [0.1, 0.15) is 6.04 Å². The van der Waals surface area contributed by atoms with Crippen LogP contribution in [-0.4, -0.2) is 50.0 Å². The van der Waals surface area contributed by atoms with Gasteiger partial charge in [-0.2, -0.15) is 0 Å². The Labute approximate surface area is 214 Å². The first kappa shape index (κ1) is 28.7. The van der Waals surface area contributed by atoms with E-state index in [2.05, 4.69) is 5.32 Å². The predicted octanol–water partition coefficient (Wildman–Crippen LogP) is 4.53. The molecular formula is C26H36ClN3O4S. The molecule has 0 bridgehead atoms. The molecule has 2 aromatic rings. The number of aryl methyl sites for hydroxylation is 1. The van der Waals surface area contributed by atoms with E-state index >= 15 is 0 Å². The summed E-state index contributed by atoms with van der Waals surface area (Å²) in [4.78, 5) is 27.8. The van der Waals surface area contributed by atoms with Crippen LogP contribution in [0.2, 0.25) is 5.02 Å². The Kier molecular flexibility index (Phi) is 10.6. The Hall–Kier alpha value is -2.58. The third kappa shape index (κ3) is 8.54. The maximum Gasteiger partial charge on any atom is 0.242 e. The Balaban J connectivity index is 2.19. The molecule has 0 aliphatic carbocycles. The quantitative estimate of drug-likeness (QED) is 0.444. The lowest BCUT2D eigenvalue weighted by molar-refractivity contribution is -0.140. The molecule has 0 heterocycles. The van der Waals surface area contributed by atoms with E-state index in [9.17, 15) is 18.0 Å². The van der Waals surface area contributed by atoms with Gasteiger partial charge in [0.05, 0.1) is 11.9 Å². The number of amides is 2. The summed E-state index contributed by atoms with van der Waals surface area (Å²) in [5.74, 6) is -0.419. The second-order valence-corrected chi connectivity index (χ2v) is 11.2. The van der Waals surface area contributed by atoms with E-state index in [4.69, 9.17) is 11.6 Å². The minimum absolute atomic E-state index is 0.00128. The lowest BCUT2D eigenvalue weighted by Gasteiger charge is -2.30. The molecular weight excluding hydrogens is 486 g/mol. The van der Waals surface area contributed by atoms with Gasteiger partial charge in [-0.3, -0.25) is 13.9 Å². The third-order valence-corrected chi connectivity index (χ3v) is 7.45. The van der Waals surface area contributed by atoms with E-state index in [1.807, 2.05) is 45.0 Å². The number of carbonyl (C=O) groups excluding carboxylic acids is 2. The van der Waals surface area contributed by atoms with Crippen molar-refractivity contribution in [3.8, 4) is 0 Å². The number of nitrogens with zero attached hydrogens (tertiary/aromatic N) is 2. The number of rotatable bonds is 12. The molecule has 0 aliphatic rings. The molecule has 0 fully saturated rings. The highest BCUT2D eigenvalue weighted by Gasteiger charge is 2.27. The predicted molar refractivity (Wildman–Crippen MR) is 142 cm³/mol. The van der Waals surface area contributed by atoms with Crippen LogP contribution in [0.1, 0.15) is 51.2 Å². The minimum Gasteiger partial charge on any atom is -0.352 e. The Morgan fingerprint density at radius 2 is 1.77 bits per heavy atom. The van der Waals surface area contributed by atoms with Crippen LogP contribution in [0.25, 0.3) is 0 Å².